The Labute approximate surface area is 93.4 Å². The molecule has 1 heterocycles. The molecule has 1 N–H and O–H groups in total. The van der Waals surface area contributed by atoms with Gasteiger partial charge in [0, 0.05) is 23.9 Å². The van der Waals surface area contributed by atoms with Crippen LogP contribution in [0.5, 0.6) is 5.75 Å². The van der Waals surface area contributed by atoms with E-state index in [1.807, 2.05) is 12.1 Å². The highest BCUT2D eigenvalue weighted by molar-refractivity contribution is 6.31. The molecule has 2 rings (SSSR count). The molecule has 0 saturated carbocycles. The summed E-state index contributed by atoms with van der Waals surface area (Å²) < 4.78 is 5.07. The summed E-state index contributed by atoms with van der Waals surface area (Å²) in [6, 6.07) is 5.57. The van der Waals surface area contributed by atoms with Crippen molar-refractivity contribution in [3.63, 3.8) is 0 Å². The van der Waals surface area contributed by atoms with Crippen molar-refractivity contribution < 1.29 is 9.53 Å². The fraction of sp³-hybridized carbons (Fsp3) is 0.364. The van der Waals surface area contributed by atoms with Gasteiger partial charge in [0.2, 0.25) is 5.91 Å². The summed E-state index contributed by atoms with van der Waals surface area (Å²) in [5.41, 5.74) is 1.01. The molecule has 0 bridgehead atoms. The smallest absolute Gasteiger partial charge is 0.220 e. The van der Waals surface area contributed by atoms with Crippen LogP contribution in [0.2, 0.25) is 5.02 Å². The molecule has 1 atom stereocenters. The van der Waals surface area contributed by atoms with Gasteiger partial charge in [-0.1, -0.05) is 17.7 Å². The Hall–Kier alpha value is -1.22. The molecule has 1 saturated heterocycles. The molecule has 1 unspecified atom stereocenters. The van der Waals surface area contributed by atoms with Crippen LogP contribution in [0.1, 0.15) is 17.9 Å². The lowest BCUT2D eigenvalue weighted by Crippen LogP contribution is -2.13. The molecule has 3 nitrogen and oxygen atoms in total. The quantitative estimate of drug-likeness (QED) is 0.836. The van der Waals surface area contributed by atoms with Crippen LogP contribution in [-0.2, 0) is 4.79 Å². The van der Waals surface area contributed by atoms with Crippen molar-refractivity contribution in [3.8, 4) is 5.75 Å². The molecule has 1 aromatic carbocycles. The van der Waals surface area contributed by atoms with Gasteiger partial charge < -0.3 is 10.1 Å². The number of amides is 1. The molecule has 0 aliphatic carbocycles. The van der Waals surface area contributed by atoms with Crippen molar-refractivity contribution in [1.82, 2.24) is 5.32 Å². The van der Waals surface area contributed by atoms with Crippen LogP contribution < -0.4 is 10.1 Å². The lowest BCUT2D eigenvalue weighted by molar-refractivity contribution is -0.119. The highest BCUT2D eigenvalue weighted by atomic mass is 35.5. The fourth-order valence-electron chi connectivity index (χ4n) is 1.79. The summed E-state index contributed by atoms with van der Waals surface area (Å²) in [6.45, 7) is 0.672. The largest absolute Gasteiger partial charge is 0.497 e. The van der Waals surface area contributed by atoms with E-state index in [4.69, 9.17) is 16.3 Å². The van der Waals surface area contributed by atoms with Gasteiger partial charge in [-0.25, -0.2) is 0 Å². The van der Waals surface area contributed by atoms with Crippen LogP contribution in [-0.4, -0.2) is 19.6 Å². The van der Waals surface area contributed by atoms with E-state index in [-0.39, 0.29) is 11.8 Å². The Kier molecular flexibility index (Phi) is 2.82. The zero-order valence-corrected chi connectivity index (χ0v) is 9.17. The number of halogens is 1. The predicted octanol–water partition coefficient (Wildman–Crippen LogP) is 1.95. The van der Waals surface area contributed by atoms with Crippen molar-refractivity contribution in [1.29, 1.82) is 0 Å². The Morgan fingerprint density at radius 3 is 2.87 bits per heavy atom. The molecule has 0 spiro atoms. The number of rotatable bonds is 2. The molecule has 4 heteroatoms. The summed E-state index contributed by atoms with van der Waals surface area (Å²) in [5.74, 6) is 1.02. The number of carbonyl (C=O) groups is 1. The van der Waals surface area contributed by atoms with Crippen LogP contribution in [0, 0.1) is 0 Å². The second-order valence-electron chi connectivity index (χ2n) is 3.59. The number of carbonyl (C=O) groups excluding carboxylic acids is 1. The molecule has 1 amide bonds. The molecular weight excluding hydrogens is 214 g/mol. The van der Waals surface area contributed by atoms with Gasteiger partial charge in [0.05, 0.1) is 7.11 Å². The third kappa shape index (κ3) is 2.07. The van der Waals surface area contributed by atoms with Crippen molar-refractivity contribution in [2.45, 2.75) is 12.3 Å². The minimum absolute atomic E-state index is 0.0897. The summed E-state index contributed by atoms with van der Waals surface area (Å²) >= 11 is 6.12. The molecule has 0 radical (unpaired) electrons. The highest BCUT2D eigenvalue weighted by Crippen LogP contribution is 2.31. The lowest BCUT2D eigenvalue weighted by atomic mass is 9.98. The summed E-state index contributed by atoms with van der Waals surface area (Å²) in [6.07, 6.45) is 0.520. The number of methoxy groups -OCH3 is 1. The van der Waals surface area contributed by atoms with Crippen molar-refractivity contribution in [2.75, 3.05) is 13.7 Å². The van der Waals surface area contributed by atoms with E-state index in [1.165, 1.54) is 0 Å². The number of ether oxygens (including phenoxy) is 1. The van der Waals surface area contributed by atoms with Gasteiger partial charge >= 0.3 is 0 Å². The second kappa shape index (κ2) is 4.11. The Bertz CT molecular complexity index is 392. The van der Waals surface area contributed by atoms with Gasteiger partial charge in [0.25, 0.3) is 0 Å². The van der Waals surface area contributed by atoms with E-state index in [2.05, 4.69) is 5.32 Å². The maximum atomic E-state index is 11.1. The minimum Gasteiger partial charge on any atom is -0.497 e. The van der Waals surface area contributed by atoms with Crippen molar-refractivity contribution >= 4 is 17.5 Å². The molecule has 0 aromatic heterocycles. The predicted molar refractivity (Wildman–Crippen MR) is 58.4 cm³/mol. The van der Waals surface area contributed by atoms with Crippen LogP contribution in [0.3, 0.4) is 0 Å². The van der Waals surface area contributed by atoms with E-state index in [0.717, 1.165) is 11.3 Å². The topological polar surface area (TPSA) is 38.3 Å². The van der Waals surface area contributed by atoms with E-state index in [9.17, 15) is 4.79 Å². The summed E-state index contributed by atoms with van der Waals surface area (Å²) in [5, 5.41) is 3.46. The van der Waals surface area contributed by atoms with E-state index < -0.39 is 0 Å². The maximum absolute atomic E-state index is 11.1. The molecule has 15 heavy (non-hydrogen) atoms. The Balaban J connectivity index is 2.25. The number of nitrogens with one attached hydrogen (secondary N) is 1. The average Bonchev–Trinajstić information content (AvgIpc) is 2.64. The number of benzene rings is 1. The van der Waals surface area contributed by atoms with Gasteiger partial charge in [0.1, 0.15) is 5.75 Å². The normalized spacial score (nSPS) is 20.1. The second-order valence-corrected chi connectivity index (χ2v) is 4.00. The van der Waals surface area contributed by atoms with E-state index >= 15 is 0 Å². The first-order chi connectivity index (χ1) is 7.20. The summed E-state index contributed by atoms with van der Waals surface area (Å²) in [4.78, 5) is 11.1. The zero-order valence-electron chi connectivity index (χ0n) is 8.42. The zero-order chi connectivity index (χ0) is 10.8. The van der Waals surface area contributed by atoms with Crippen LogP contribution in [0.25, 0.3) is 0 Å². The highest BCUT2D eigenvalue weighted by Gasteiger charge is 2.24. The van der Waals surface area contributed by atoms with Gasteiger partial charge in [-0.05, 0) is 17.7 Å². The Morgan fingerprint density at radius 2 is 2.33 bits per heavy atom. The van der Waals surface area contributed by atoms with E-state index in [0.29, 0.717) is 18.0 Å². The van der Waals surface area contributed by atoms with Crippen molar-refractivity contribution in [2.24, 2.45) is 0 Å². The average molecular weight is 226 g/mol. The van der Waals surface area contributed by atoms with Gasteiger partial charge in [-0.3, -0.25) is 4.79 Å². The van der Waals surface area contributed by atoms with Gasteiger partial charge in [0.15, 0.2) is 0 Å². The lowest BCUT2D eigenvalue weighted by Gasteiger charge is -2.11. The molecular formula is C11H12ClNO2. The first-order valence-electron chi connectivity index (χ1n) is 4.81. The Morgan fingerprint density at radius 1 is 1.53 bits per heavy atom. The molecule has 1 fully saturated rings. The SMILES string of the molecule is COc1ccc(C2CNC(=O)C2)c(Cl)c1. The molecule has 80 valence electrons. The summed E-state index contributed by atoms with van der Waals surface area (Å²) in [7, 11) is 1.60. The van der Waals surface area contributed by atoms with Gasteiger partial charge in [-0.2, -0.15) is 0 Å². The first-order valence-corrected chi connectivity index (χ1v) is 5.18. The molecule has 1 aliphatic rings. The third-order valence-corrected chi connectivity index (χ3v) is 2.95. The van der Waals surface area contributed by atoms with Crippen LogP contribution in [0.15, 0.2) is 18.2 Å². The van der Waals surface area contributed by atoms with Crippen LogP contribution in [0.4, 0.5) is 0 Å². The minimum atomic E-state index is 0.0897. The van der Waals surface area contributed by atoms with Crippen LogP contribution >= 0.6 is 11.6 Å². The van der Waals surface area contributed by atoms with Gasteiger partial charge in [-0.15, -0.1) is 0 Å². The molecule has 1 aliphatic heterocycles. The maximum Gasteiger partial charge on any atom is 0.220 e. The van der Waals surface area contributed by atoms with E-state index in [1.54, 1.807) is 13.2 Å². The standard InChI is InChI=1S/C11H12ClNO2/c1-15-8-2-3-9(10(12)5-8)7-4-11(14)13-6-7/h2-3,5,7H,4,6H2,1H3,(H,13,14). The third-order valence-electron chi connectivity index (χ3n) is 2.62. The number of hydrogen-bond donors (Lipinski definition) is 1. The number of hydrogen-bond acceptors (Lipinski definition) is 2. The fourth-order valence-corrected chi connectivity index (χ4v) is 2.12. The van der Waals surface area contributed by atoms with Crippen molar-refractivity contribution in [3.05, 3.63) is 28.8 Å². The first kappa shape index (κ1) is 10.3. The molecule has 1 aromatic rings. The monoisotopic (exact) mass is 225 g/mol.